The van der Waals surface area contributed by atoms with Crippen molar-refractivity contribution in [2.45, 2.75) is 32.2 Å². The second-order valence-corrected chi connectivity index (χ2v) is 4.74. The fraction of sp³-hybridized carbons (Fsp3) is 0.727. The number of carbonyl (C=O) groups is 3. The topological polar surface area (TPSA) is 131 Å². The number of carbonyl (C=O) groups excluding carboxylic acids is 2. The van der Waals surface area contributed by atoms with Crippen LogP contribution >= 0.6 is 0 Å². The highest BCUT2D eigenvalue weighted by Crippen LogP contribution is 2.38. The lowest BCUT2D eigenvalue weighted by Gasteiger charge is -2.27. The van der Waals surface area contributed by atoms with Crippen molar-refractivity contribution >= 4 is 18.1 Å². The van der Waals surface area contributed by atoms with Crippen molar-refractivity contribution in [3.8, 4) is 0 Å². The zero-order valence-corrected chi connectivity index (χ0v) is 10.8. The highest BCUT2D eigenvalue weighted by molar-refractivity contribution is 5.79. The summed E-state index contributed by atoms with van der Waals surface area (Å²) in [5.74, 6) is -0.910. The molecule has 0 radical (unpaired) electrons. The van der Waals surface area contributed by atoms with Crippen molar-refractivity contribution in [3.05, 3.63) is 0 Å². The number of nitrogens with one attached hydrogen (secondary N) is 2. The maximum absolute atomic E-state index is 11.6. The van der Waals surface area contributed by atoms with Crippen LogP contribution in [0.5, 0.6) is 0 Å². The van der Waals surface area contributed by atoms with E-state index in [-0.39, 0.29) is 13.2 Å². The van der Waals surface area contributed by atoms with Crippen molar-refractivity contribution in [1.29, 1.82) is 0 Å². The Morgan fingerprint density at radius 1 is 1.47 bits per heavy atom. The first-order valence-corrected chi connectivity index (χ1v) is 6.06. The zero-order valence-electron chi connectivity index (χ0n) is 10.8. The molecule has 8 nitrogen and oxygen atoms in total. The van der Waals surface area contributed by atoms with Crippen molar-refractivity contribution in [2.24, 2.45) is 11.1 Å². The van der Waals surface area contributed by atoms with Crippen LogP contribution in [0.4, 0.5) is 9.59 Å². The summed E-state index contributed by atoms with van der Waals surface area (Å²) in [6.45, 7) is 1.72. The molecule has 1 aliphatic carbocycles. The Hall–Kier alpha value is -1.99. The lowest BCUT2D eigenvalue weighted by atomic mass is 9.85. The van der Waals surface area contributed by atoms with Crippen LogP contribution in [0.25, 0.3) is 0 Å². The van der Waals surface area contributed by atoms with Crippen LogP contribution in [0.2, 0.25) is 0 Å². The Kier molecular flexibility index (Phi) is 4.96. The Labute approximate surface area is 110 Å². The average Bonchev–Trinajstić information content (AvgIpc) is 2.68. The normalized spacial score (nSPS) is 25.6. The number of carboxylic acid groups (broad SMARTS) is 1. The van der Waals surface area contributed by atoms with E-state index in [4.69, 9.17) is 5.73 Å². The first kappa shape index (κ1) is 15.1. The van der Waals surface area contributed by atoms with Crippen LogP contribution in [-0.4, -0.2) is 42.4 Å². The third-order valence-corrected chi connectivity index (χ3v) is 3.38. The molecule has 0 aliphatic heterocycles. The molecule has 2 atom stereocenters. The van der Waals surface area contributed by atoms with Gasteiger partial charge in [0.25, 0.3) is 0 Å². The molecule has 1 fully saturated rings. The third-order valence-electron chi connectivity index (χ3n) is 3.38. The SMILES string of the molecule is CC1(C(=O)O)CCCC1NC(=O)NCCOC(N)=O. The summed E-state index contributed by atoms with van der Waals surface area (Å²) >= 11 is 0. The van der Waals surface area contributed by atoms with E-state index in [9.17, 15) is 19.5 Å². The van der Waals surface area contributed by atoms with Gasteiger partial charge >= 0.3 is 18.1 Å². The number of carboxylic acids is 1. The molecule has 5 N–H and O–H groups in total. The number of aliphatic carboxylic acids is 1. The van der Waals surface area contributed by atoms with Crippen LogP contribution in [0.1, 0.15) is 26.2 Å². The van der Waals surface area contributed by atoms with Gasteiger partial charge in [0.1, 0.15) is 6.61 Å². The second kappa shape index (κ2) is 6.26. The number of nitrogens with two attached hydrogens (primary N) is 1. The summed E-state index contributed by atoms with van der Waals surface area (Å²) in [6.07, 6.45) is 1.03. The molecule has 0 spiro atoms. The summed E-state index contributed by atoms with van der Waals surface area (Å²) in [4.78, 5) is 33.1. The van der Waals surface area contributed by atoms with E-state index in [0.29, 0.717) is 12.8 Å². The quantitative estimate of drug-likeness (QED) is 0.525. The van der Waals surface area contributed by atoms with E-state index in [0.717, 1.165) is 6.42 Å². The van der Waals surface area contributed by atoms with Gasteiger partial charge in [-0.05, 0) is 19.8 Å². The molecular formula is C11H19N3O5. The first-order chi connectivity index (χ1) is 8.86. The van der Waals surface area contributed by atoms with Gasteiger partial charge < -0.3 is 26.2 Å². The Bertz CT molecular complexity index is 373. The fourth-order valence-corrected chi connectivity index (χ4v) is 2.18. The Morgan fingerprint density at radius 3 is 2.74 bits per heavy atom. The highest BCUT2D eigenvalue weighted by atomic mass is 16.5. The largest absolute Gasteiger partial charge is 0.481 e. The lowest BCUT2D eigenvalue weighted by Crippen LogP contribution is -2.50. The minimum atomic E-state index is -0.929. The monoisotopic (exact) mass is 273 g/mol. The van der Waals surface area contributed by atoms with E-state index in [1.807, 2.05) is 0 Å². The smallest absolute Gasteiger partial charge is 0.404 e. The van der Waals surface area contributed by atoms with E-state index in [1.54, 1.807) is 6.92 Å². The van der Waals surface area contributed by atoms with Crippen molar-refractivity contribution in [1.82, 2.24) is 10.6 Å². The summed E-state index contributed by atoms with van der Waals surface area (Å²) in [7, 11) is 0. The van der Waals surface area contributed by atoms with Gasteiger partial charge in [-0.1, -0.05) is 6.42 Å². The molecular weight excluding hydrogens is 254 g/mol. The van der Waals surface area contributed by atoms with Gasteiger partial charge in [-0.3, -0.25) is 4.79 Å². The maximum atomic E-state index is 11.6. The van der Waals surface area contributed by atoms with Crippen LogP contribution < -0.4 is 16.4 Å². The summed E-state index contributed by atoms with van der Waals surface area (Å²) in [6, 6.07) is -0.880. The Balaban J connectivity index is 2.36. The van der Waals surface area contributed by atoms with Crippen molar-refractivity contribution in [2.75, 3.05) is 13.2 Å². The molecule has 1 aliphatic rings. The standard InChI is InChI=1S/C11H19N3O5/c1-11(8(15)16)4-2-3-7(11)14-10(18)13-5-6-19-9(12)17/h7H,2-6H2,1H3,(H2,12,17)(H,15,16)(H2,13,14,18). The van der Waals surface area contributed by atoms with Crippen molar-refractivity contribution < 1.29 is 24.2 Å². The molecule has 0 aromatic heterocycles. The van der Waals surface area contributed by atoms with E-state index < -0.39 is 29.6 Å². The van der Waals surface area contributed by atoms with Gasteiger partial charge in [-0.15, -0.1) is 0 Å². The molecule has 0 aromatic carbocycles. The number of primary amides is 1. The van der Waals surface area contributed by atoms with Crippen LogP contribution in [-0.2, 0) is 9.53 Å². The number of hydrogen-bond acceptors (Lipinski definition) is 4. The second-order valence-electron chi connectivity index (χ2n) is 4.74. The lowest BCUT2D eigenvalue weighted by molar-refractivity contribution is -0.148. The van der Waals surface area contributed by atoms with E-state index >= 15 is 0 Å². The van der Waals surface area contributed by atoms with Crippen LogP contribution in [0.3, 0.4) is 0 Å². The summed E-state index contributed by atoms with van der Waals surface area (Å²) in [5.41, 5.74) is 3.83. The van der Waals surface area contributed by atoms with Gasteiger partial charge in [0, 0.05) is 6.04 Å². The van der Waals surface area contributed by atoms with Crippen LogP contribution in [0, 0.1) is 5.41 Å². The molecule has 0 aromatic rings. The van der Waals surface area contributed by atoms with Crippen molar-refractivity contribution in [3.63, 3.8) is 0 Å². The predicted octanol–water partition coefficient (Wildman–Crippen LogP) is 0.0243. The van der Waals surface area contributed by atoms with Crippen LogP contribution in [0.15, 0.2) is 0 Å². The zero-order chi connectivity index (χ0) is 14.5. The molecule has 0 saturated heterocycles. The maximum Gasteiger partial charge on any atom is 0.404 e. The number of ether oxygens (including phenoxy) is 1. The summed E-state index contributed by atoms with van der Waals surface area (Å²) in [5, 5.41) is 14.3. The van der Waals surface area contributed by atoms with Gasteiger partial charge in [-0.25, -0.2) is 9.59 Å². The minimum absolute atomic E-state index is 0.0242. The minimum Gasteiger partial charge on any atom is -0.481 e. The fourth-order valence-electron chi connectivity index (χ4n) is 2.18. The highest BCUT2D eigenvalue weighted by Gasteiger charge is 2.45. The van der Waals surface area contributed by atoms with E-state index in [2.05, 4.69) is 15.4 Å². The molecule has 19 heavy (non-hydrogen) atoms. The van der Waals surface area contributed by atoms with Gasteiger partial charge in [-0.2, -0.15) is 0 Å². The molecule has 8 heteroatoms. The number of hydrogen-bond donors (Lipinski definition) is 4. The molecule has 108 valence electrons. The molecule has 1 rings (SSSR count). The summed E-state index contributed by atoms with van der Waals surface area (Å²) < 4.78 is 4.44. The van der Waals surface area contributed by atoms with E-state index in [1.165, 1.54) is 0 Å². The van der Waals surface area contributed by atoms with Gasteiger partial charge in [0.05, 0.1) is 12.0 Å². The molecule has 0 heterocycles. The first-order valence-electron chi connectivity index (χ1n) is 6.06. The molecule has 0 bridgehead atoms. The third kappa shape index (κ3) is 4.01. The molecule has 1 saturated carbocycles. The van der Waals surface area contributed by atoms with Gasteiger partial charge in [0.2, 0.25) is 0 Å². The number of urea groups is 1. The predicted molar refractivity (Wildman–Crippen MR) is 65.5 cm³/mol. The van der Waals surface area contributed by atoms with Gasteiger partial charge in [0.15, 0.2) is 0 Å². The molecule has 3 amide bonds. The Morgan fingerprint density at radius 2 is 2.16 bits per heavy atom. The number of amides is 3. The average molecular weight is 273 g/mol. The molecule has 2 unspecified atom stereocenters. The number of rotatable bonds is 5.